The Balaban J connectivity index is 1.80. The first-order valence-electron chi connectivity index (χ1n) is 6.25. The van der Waals surface area contributed by atoms with Crippen LogP contribution in [0.2, 0.25) is 0 Å². The summed E-state index contributed by atoms with van der Waals surface area (Å²) in [7, 11) is 0. The summed E-state index contributed by atoms with van der Waals surface area (Å²) in [5.41, 5.74) is 2.74. The van der Waals surface area contributed by atoms with E-state index in [1.165, 1.54) is 11.1 Å². The molecule has 2 atom stereocenters. The minimum Gasteiger partial charge on any atom is -0.131 e. The van der Waals surface area contributed by atoms with E-state index in [9.17, 15) is 0 Å². The van der Waals surface area contributed by atoms with E-state index >= 15 is 0 Å². The Morgan fingerprint density at radius 3 is 1.42 bits per heavy atom. The van der Waals surface area contributed by atoms with Crippen molar-refractivity contribution in [2.24, 2.45) is 0 Å². The second-order valence-electron chi connectivity index (χ2n) is 4.34. The van der Waals surface area contributed by atoms with E-state index in [-0.39, 0.29) is 0 Å². The molecule has 0 aromatic heterocycles. The lowest BCUT2D eigenvalue weighted by molar-refractivity contribution is 1.08. The largest absolute Gasteiger partial charge is 0.131 e. The quantitative estimate of drug-likeness (QED) is 0.565. The molecule has 0 bridgehead atoms. The number of halogens is 2. The molecule has 0 aliphatic heterocycles. The van der Waals surface area contributed by atoms with Crippen LogP contribution in [0.25, 0.3) is 0 Å². The third kappa shape index (κ3) is 5.72. The average molecular weight is 400 g/mol. The van der Waals surface area contributed by atoms with Crippen molar-refractivity contribution in [3.63, 3.8) is 0 Å². The molecule has 0 aliphatic rings. The SMILES string of the molecule is BrC(Cc1ccccc1)SC(Br)Cc1ccccc1. The molecule has 0 saturated carbocycles. The Labute approximate surface area is 136 Å². The lowest BCUT2D eigenvalue weighted by Gasteiger charge is -2.14. The van der Waals surface area contributed by atoms with Gasteiger partial charge in [0.1, 0.15) is 0 Å². The molecule has 0 saturated heterocycles. The molecule has 2 aromatic rings. The molecule has 19 heavy (non-hydrogen) atoms. The van der Waals surface area contributed by atoms with E-state index in [1.54, 1.807) is 0 Å². The highest BCUT2D eigenvalue weighted by Gasteiger charge is 2.13. The van der Waals surface area contributed by atoms with Gasteiger partial charge < -0.3 is 0 Å². The topological polar surface area (TPSA) is 0 Å². The lowest BCUT2D eigenvalue weighted by Crippen LogP contribution is -2.05. The van der Waals surface area contributed by atoms with Crippen molar-refractivity contribution < 1.29 is 0 Å². The zero-order valence-electron chi connectivity index (χ0n) is 10.5. The van der Waals surface area contributed by atoms with Crippen molar-refractivity contribution in [3.05, 3.63) is 71.8 Å². The highest BCUT2D eigenvalue weighted by molar-refractivity contribution is 9.13. The van der Waals surface area contributed by atoms with Crippen molar-refractivity contribution in [1.82, 2.24) is 0 Å². The fraction of sp³-hybridized carbons (Fsp3) is 0.250. The van der Waals surface area contributed by atoms with Crippen molar-refractivity contribution in [2.75, 3.05) is 0 Å². The molecule has 2 rings (SSSR count). The summed E-state index contributed by atoms with van der Waals surface area (Å²) in [5, 5.41) is 0. The van der Waals surface area contributed by atoms with Crippen molar-refractivity contribution in [1.29, 1.82) is 0 Å². The van der Waals surface area contributed by atoms with Crippen molar-refractivity contribution in [3.8, 4) is 0 Å². The van der Waals surface area contributed by atoms with Gasteiger partial charge in [-0.3, -0.25) is 0 Å². The Morgan fingerprint density at radius 1 is 0.684 bits per heavy atom. The normalized spacial score (nSPS) is 14.0. The van der Waals surface area contributed by atoms with Gasteiger partial charge in [0, 0.05) is 0 Å². The van der Waals surface area contributed by atoms with Crippen LogP contribution in [0.5, 0.6) is 0 Å². The molecule has 0 radical (unpaired) electrons. The predicted molar refractivity (Wildman–Crippen MR) is 93.3 cm³/mol. The molecule has 100 valence electrons. The summed E-state index contributed by atoms with van der Waals surface area (Å²) in [6.07, 6.45) is 2.09. The summed E-state index contributed by atoms with van der Waals surface area (Å²) in [5.74, 6) is 0. The summed E-state index contributed by atoms with van der Waals surface area (Å²) in [6, 6.07) is 21.2. The molecule has 0 amide bonds. The first-order valence-corrected chi connectivity index (χ1v) is 9.03. The predicted octanol–water partition coefficient (Wildman–Crippen LogP) is 5.65. The summed E-state index contributed by atoms with van der Waals surface area (Å²) >= 11 is 9.45. The van der Waals surface area contributed by atoms with Gasteiger partial charge in [0.05, 0.1) is 8.32 Å². The molecule has 0 spiro atoms. The number of hydrogen-bond acceptors (Lipinski definition) is 1. The minimum absolute atomic E-state index is 0.433. The second kappa shape index (κ2) is 8.13. The van der Waals surface area contributed by atoms with Crippen molar-refractivity contribution >= 4 is 43.6 Å². The van der Waals surface area contributed by atoms with E-state index in [4.69, 9.17) is 0 Å². The molecule has 0 N–H and O–H groups in total. The Hall–Kier alpha value is -0.250. The lowest BCUT2D eigenvalue weighted by atomic mass is 10.2. The molecule has 2 aromatic carbocycles. The number of hydrogen-bond donors (Lipinski definition) is 0. The maximum Gasteiger partial charge on any atom is 0.0651 e. The number of thioether (sulfide) groups is 1. The zero-order chi connectivity index (χ0) is 13.5. The van der Waals surface area contributed by atoms with Gasteiger partial charge in [0.15, 0.2) is 0 Å². The van der Waals surface area contributed by atoms with Crippen LogP contribution in [0.1, 0.15) is 11.1 Å². The summed E-state index contributed by atoms with van der Waals surface area (Å²) < 4.78 is 0.867. The number of benzene rings is 2. The third-order valence-corrected chi connectivity index (χ3v) is 5.64. The molecule has 2 unspecified atom stereocenters. The smallest absolute Gasteiger partial charge is 0.0651 e. The summed E-state index contributed by atoms with van der Waals surface area (Å²) in [4.78, 5) is 0. The Kier molecular flexibility index (Phi) is 6.48. The van der Waals surface area contributed by atoms with Crippen LogP contribution in [0.3, 0.4) is 0 Å². The maximum absolute atomic E-state index is 3.76. The van der Waals surface area contributed by atoms with Gasteiger partial charge in [-0.2, -0.15) is 0 Å². The van der Waals surface area contributed by atoms with Crippen LogP contribution in [-0.2, 0) is 12.8 Å². The molecule has 3 heteroatoms. The molecule has 0 fully saturated rings. The Morgan fingerprint density at radius 2 is 1.05 bits per heavy atom. The standard InChI is InChI=1S/C16H16Br2S/c17-15(11-13-7-3-1-4-8-13)19-16(18)12-14-9-5-2-6-10-14/h1-10,15-16H,11-12H2. The van der Waals surface area contributed by atoms with E-state index < -0.39 is 0 Å². The molecular weight excluding hydrogens is 384 g/mol. The first-order chi connectivity index (χ1) is 9.24. The van der Waals surface area contributed by atoms with Crippen LogP contribution >= 0.6 is 43.6 Å². The first kappa shape index (κ1) is 15.1. The van der Waals surface area contributed by atoms with Crippen LogP contribution in [0, 0.1) is 0 Å². The molecular formula is C16H16Br2S. The van der Waals surface area contributed by atoms with Crippen molar-refractivity contribution in [2.45, 2.75) is 21.2 Å². The highest BCUT2D eigenvalue weighted by atomic mass is 79.9. The van der Waals surface area contributed by atoms with E-state index in [1.807, 2.05) is 11.8 Å². The van der Waals surface area contributed by atoms with E-state index in [0.29, 0.717) is 8.32 Å². The fourth-order valence-corrected chi connectivity index (χ4v) is 5.93. The van der Waals surface area contributed by atoms with Crippen LogP contribution in [0.15, 0.2) is 60.7 Å². The van der Waals surface area contributed by atoms with Gasteiger partial charge in [-0.05, 0) is 24.0 Å². The third-order valence-electron chi connectivity index (χ3n) is 2.77. The maximum atomic E-state index is 3.76. The van der Waals surface area contributed by atoms with E-state index in [0.717, 1.165) is 12.8 Å². The monoisotopic (exact) mass is 398 g/mol. The van der Waals surface area contributed by atoms with Gasteiger partial charge in [0.2, 0.25) is 0 Å². The average Bonchev–Trinajstić information content (AvgIpc) is 2.40. The van der Waals surface area contributed by atoms with Crippen LogP contribution in [0.4, 0.5) is 0 Å². The van der Waals surface area contributed by atoms with E-state index in [2.05, 4.69) is 92.5 Å². The van der Waals surface area contributed by atoms with Crippen LogP contribution < -0.4 is 0 Å². The zero-order valence-corrected chi connectivity index (χ0v) is 14.5. The highest BCUT2D eigenvalue weighted by Crippen LogP contribution is 2.31. The minimum atomic E-state index is 0.433. The number of rotatable bonds is 6. The second-order valence-corrected chi connectivity index (χ2v) is 9.17. The van der Waals surface area contributed by atoms with Gasteiger partial charge in [-0.25, -0.2) is 0 Å². The molecule has 0 nitrogen and oxygen atoms in total. The van der Waals surface area contributed by atoms with Crippen LogP contribution in [-0.4, -0.2) is 8.32 Å². The Bertz CT molecular complexity index is 427. The molecule has 0 heterocycles. The van der Waals surface area contributed by atoms with Gasteiger partial charge in [-0.1, -0.05) is 92.5 Å². The van der Waals surface area contributed by atoms with Gasteiger partial charge in [-0.15, -0.1) is 11.8 Å². The van der Waals surface area contributed by atoms with Gasteiger partial charge in [0.25, 0.3) is 0 Å². The summed E-state index contributed by atoms with van der Waals surface area (Å²) in [6.45, 7) is 0. The number of alkyl halides is 2. The van der Waals surface area contributed by atoms with Gasteiger partial charge >= 0.3 is 0 Å². The molecule has 0 aliphatic carbocycles. The fourth-order valence-electron chi connectivity index (χ4n) is 1.86.